The second kappa shape index (κ2) is 5.65. The van der Waals surface area contributed by atoms with Gasteiger partial charge in [0.05, 0.1) is 5.69 Å². The number of rotatable bonds is 2. The third kappa shape index (κ3) is 2.41. The second-order valence-electron chi connectivity index (χ2n) is 7.67. The molecule has 2 atom stereocenters. The molecule has 0 amide bonds. The van der Waals surface area contributed by atoms with Crippen molar-refractivity contribution in [1.82, 2.24) is 24.6 Å². The lowest BCUT2D eigenvalue weighted by Gasteiger charge is -2.24. The summed E-state index contributed by atoms with van der Waals surface area (Å²) in [6, 6.07) is 4.21. The summed E-state index contributed by atoms with van der Waals surface area (Å²) in [5.74, 6) is 3.57. The molecule has 3 aromatic rings. The lowest BCUT2D eigenvalue weighted by molar-refractivity contribution is 0.533. The third-order valence-electron chi connectivity index (χ3n) is 5.64. The molecule has 0 radical (unpaired) electrons. The highest BCUT2D eigenvalue weighted by Gasteiger charge is 2.41. The first kappa shape index (κ1) is 15.5. The summed E-state index contributed by atoms with van der Waals surface area (Å²) in [6.07, 6.45) is 3.55. The molecule has 7 heteroatoms. The molecule has 3 aromatic heterocycles. The van der Waals surface area contributed by atoms with Crippen LogP contribution < -0.4 is 9.80 Å². The maximum atomic E-state index is 4.65. The Bertz CT molecular complexity index is 965. The molecule has 2 aliphatic heterocycles. The summed E-state index contributed by atoms with van der Waals surface area (Å²) in [4.78, 5) is 18.1. The lowest BCUT2D eigenvalue weighted by atomic mass is 10.0. The van der Waals surface area contributed by atoms with Gasteiger partial charge in [0, 0.05) is 67.6 Å². The molecule has 2 unspecified atom stereocenters. The molecule has 5 rings (SSSR count). The minimum Gasteiger partial charge on any atom is -0.356 e. The highest BCUT2D eigenvalue weighted by molar-refractivity contribution is 5.53. The minimum atomic E-state index is 0.657. The van der Waals surface area contributed by atoms with Crippen LogP contribution in [0.3, 0.4) is 0 Å². The van der Waals surface area contributed by atoms with E-state index in [0.717, 1.165) is 54.6 Å². The van der Waals surface area contributed by atoms with Gasteiger partial charge in [-0.3, -0.25) is 0 Å². The molecule has 2 saturated heterocycles. The van der Waals surface area contributed by atoms with E-state index in [1.165, 1.54) is 5.82 Å². The van der Waals surface area contributed by atoms with Crippen molar-refractivity contribution in [2.24, 2.45) is 11.8 Å². The smallest absolute Gasteiger partial charge is 0.157 e. The first-order chi connectivity index (χ1) is 12.6. The molecule has 0 aromatic carbocycles. The van der Waals surface area contributed by atoms with Crippen molar-refractivity contribution in [2.45, 2.75) is 20.8 Å². The summed E-state index contributed by atoms with van der Waals surface area (Å²) in [5.41, 5.74) is 4.15. The molecular formula is C19H23N7. The van der Waals surface area contributed by atoms with Crippen molar-refractivity contribution >= 4 is 17.3 Å². The number of fused-ring (bicyclic) bond motifs is 2. The van der Waals surface area contributed by atoms with Gasteiger partial charge < -0.3 is 9.80 Å². The van der Waals surface area contributed by atoms with Gasteiger partial charge in [-0.1, -0.05) is 0 Å². The quantitative estimate of drug-likeness (QED) is 0.705. The van der Waals surface area contributed by atoms with Gasteiger partial charge in [-0.15, -0.1) is 0 Å². The second-order valence-corrected chi connectivity index (χ2v) is 7.67. The topological polar surface area (TPSA) is 62.5 Å². The van der Waals surface area contributed by atoms with Crippen molar-refractivity contribution in [3.63, 3.8) is 0 Å². The zero-order valence-electron chi connectivity index (χ0n) is 15.4. The van der Waals surface area contributed by atoms with Crippen molar-refractivity contribution in [3.8, 4) is 0 Å². The predicted molar refractivity (Wildman–Crippen MR) is 101 cm³/mol. The predicted octanol–water partition coefficient (Wildman–Crippen LogP) is 2.02. The zero-order chi connectivity index (χ0) is 17.8. The minimum absolute atomic E-state index is 0.657. The molecule has 2 fully saturated rings. The van der Waals surface area contributed by atoms with E-state index in [1.807, 2.05) is 23.7 Å². The first-order valence-electron chi connectivity index (χ1n) is 9.19. The third-order valence-corrected chi connectivity index (χ3v) is 5.64. The monoisotopic (exact) mass is 349 g/mol. The SMILES string of the molecule is Cc1cc(N2CC3CN(c4ncncc4C)CC3C2)n2nc(C)cc2n1. The molecule has 0 spiro atoms. The Morgan fingerprint density at radius 3 is 2.38 bits per heavy atom. The van der Waals surface area contributed by atoms with Crippen LogP contribution in [0.4, 0.5) is 11.6 Å². The molecule has 5 heterocycles. The number of hydrogen-bond acceptors (Lipinski definition) is 6. The van der Waals surface area contributed by atoms with E-state index in [0.29, 0.717) is 11.8 Å². The van der Waals surface area contributed by atoms with Gasteiger partial charge in [0.15, 0.2) is 5.65 Å². The van der Waals surface area contributed by atoms with Crippen LogP contribution in [0.2, 0.25) is 0 Å². The van der Waals surface area contributed by atoms with Gasteiger partial charge in [-0.2, -0.15) is 9.61 Å². The maximum absolute atomic E-state index is 4.65. The van der Waals surface area contributed by atoms with Gasteiger partial charge in [-0.25, -0.2) is 15.0 Å². The Morgan fingerprint density at radius 1 is 0.923 bits per heavy atom. The summed E-state index contributed by atoms with van der Waals surface area (Å²) < 4.78 is 2.00. The van der Waals surface area contributed by atoms with Crippen molar-refractivity contribution < 1.29 is 0 Å². The molecule has 0 N–H and O–H groups in total. The number of anilines is 2. The molecule has 0 saturated carbocycles. The Labute approximate surface area is 152 Å². The van der Waals surface area contributed by atoms with Gasteiger partial charge in [0.25, 0.3) is 0 Å². The van der Waals surface area contributed by atoms with Crippen molar-refractivity contribution in [3.05, 3.63) is 41.6 Å². The van der Waals surface area contributed by atoms with E-state index in [-0.39, 0.29) is 0 Å². The van der Waals surface area contributed by atoms with Crippen LogP contribution in [0.15, 0.2) is 24.7 Å². The molecule has 7 nitrogen and oxygen atoms in total. The zero-order valence-corrected chi connectivity index (χ0v) is 15.4. The van der Waals surface area contributed by atoms with E-state index in [2.05, 4.69) is 49.8 Å². The van der Waals surface area contributed by atoms with Gasteiger partial charge in [0.1, 0.15) is 18.0 Å². The standard InChI is InChI=1S/C19H23N7/c1-12-6-20-11-21-19(12)25-9-15-7-24(8-16(15)10-25)18-5-13(2)22-17-4-14(3)23-26(17)18/h4-6,11,15-16H,7-10H2,1-3H3. The van der Waals surface area contributed by atoms with E-state index < -0.39 is 0 Å². The van der Waals surface area contributed by atoms with E-state index >= 15 is 0 Å². The fourth-order valence-electron chi connectivity index (χ4n) is 4.50. The van der Waals surface area contributed by atoms with Crippen LogP contribution in [0, 0.1) is 32.6 Å². The van der Waals surface area contributed by atoms with Crippen LogP contribution in [0.5, 0.6) is 0 Å². The van der Waals surface area contributed by atoms with Gasteiger partial charge >= 0.3 is 0 Å². The average molecular weight is 349 g/mol. The van der Waals surface area contributed by atoms with Crippen molar-refractivity contribution in [2.75, 3.05) is 36.0 Å². The Hall–Kier alpha value is -2.70. The highest BCUT2D eigenvalue weighted by atomic mass is 15.4. The normalized spacial score (nSPS) is 22.4. The summed E-state index contributed by atoms with van der Waals surface area (Å²) in [7, 11) is 0. The molecule has 0 aliphatic carbocycles. The summed E-state index contributed by atoms with van der Waals surface area (Å²) in [5, 5.41) is 4.65. The van der Waals surface area contributed by atoms with Crippen LogP contribution in [0.1, 0.15) is 17.0 Å². The Morgan fingerprint density at radius 2 is 1.65 bits per heavy atom. The fraction of sp³-hybridized carbons (Fsp3) is 0.474. The summed E-state index contributed by atoms with van der Waals surface area (Å²) >= 11 is 0. The lowest BCUT2D eigenvalue weighted by Crippen LogP contribution is -2.30. The molecule has 134 valence electrons. The van der Waals surface area contributed by atoms with Crippen LogP contribution >= 0.6 is 0 Å². The van der Waals surface area contributed by atoms with Crippen LogP contribution in [0.25, 0.3) is 5.65 Å². The summed E-state index contributed by atoms with van der Waals surface area (Å²) in [6.45, 7) is 10.4. The van der Waals surface area contributed by atoms with E-state index in [4.69, 9.17) is 0 Å². The molecule has 0 bridgehead atoms. The number of nitrogens with zero attached hydrogens (tertiary/aromatic N) is 7. The highest BCUT2D eigenvalue weighted by Crippen LogP contribution is 2.36. The number of aromatic nitrogens is 5. The van der Waals surface area contributed by atoms with Gasteiger partial charge in [0.2, 0.25) is 0 Å². The average Bonchev–Trinajstić information content (AvgIpc) is 3.26. The fourth-order valence-corrected chi connectivity index (χ4v) is 4.50. The maximum Gasteiger partial charge on any atom is 0.157 e. The molecule has 26 heavy (non-hydrogen) atoms. The number of aryl methyl sites for hydroxylation is 3. The Balaban J connectivity index is 1.40. The molecular weight excluding hydrogens is 326 g/mol. The Kier molecular flexibility index (Phi) is 3.38. The number of hydrogen-bond donors (Lipinski definition) is 0. The van der Waals surface area contributed by atoms with E-state index in [1.54, 1.807) is 6.33 Å². The first-order valence-corrected chi connectivity index (χ1v) is 9.19. The van der Waals surface area contributed by atoms with Crippen LogP contribution in [-0.4, -0.2) is 50.7 Å². The molecule has 2 aliphatic rings. The van der Waals surface area contributed by atoms with E-state index in [9.17, 15) is 0 Å². The van der Waals surface area contributed by atoms with Crippen LogP contribution in [-0.2, 0) is 0 Å². The largest absolute Gasteiger partial charge is 0.356 e. The van der Waals surface area contributed by atoms with Crippen molar-refractivity contribution in [1.29, 1.82) is 0 Å². The van der Waals surface area contributed by atoms with Gasteiger partial charge in [-0.05, 0) is 20.8 Å².